The number of carbonyl (C=O) groups excluding carboxylic acids is 1. The van der Waals surface area contributed by atoms with Crippen LogP contribution in [0.25, 0.3) is 0 Å². The summed E-state index contributed by atoms with van der Waals surface area (Å²) in [6, 6.07) is 4.17. The summed E-state index contributed by atoms with van der Waals surface area (Å²) in [6.45, 7) is 0. The van der Waals surface area contributed by atoms with Crippen molar-refractivity contribution < 1.29 is 14.1 Å². The number of rotatable bonds is 3. The van der Waals surface area contributed by atoms with Crippen molar-refractivity contribution in [3.63, 3.8) is 0 Å². The molecule has 0 fully saturated rings. The molecule has 2 N–H and O–H groups in total. The van der Waals surface area contributed by atoms with E-state index in [0.29, 0.717) is 0 Å². The smallest absolute Gasteiger partial charge is 0.287 e. The molecule has 1 amide bonds. The quantitative estimate of drug-likeness (QED) is 0.670. The number of aromatic nitrogens is 1. The van der Waals surface area contributed by atoms with Crippen LogP contribution in [0.1, 0.15) is 10.4 Å². The van der Waals surface area contributed by atoms with Crippen LogP contribution < -0.4 is 10.9 Å². The van der Waals surface area contributed by atoms with Crippen LogP contribution in [0.3, 0.4) is 0 Å². The Morgan fingerprint density at radius 2 is 2.10 bits per heavy atom. The van der Waals surface area contributed by atoms with Gasteiger partial charge >= 0.3 is 0 Å². The number of nitro benzene ring substituents is 1. The van der Waals surface area contributed by atoms with Crippen molar-refractivity contribution >= 4 is 28.9 Å². The molecule has 1 heterocycles. The molecule has 9 heteroatoms. The third-order valence-electron chi connectivity index (χ3n) is 2.52. The highest BCUT2D eigenvalue weighted by molar-refractivity contribution is 6.33. The van der Waals surface area contributed by atoms with Crippen LogP contribution in [0.4, 0.5) is 15.8 Å². The first kappa shape index (κ1) is 14.7. The number of halogens is 2. The fourth-order valence-electron chi connectivity index (χ4n) is 1.54. The molecule has 1 aromatic heterocycles. The van der Waals surface area contributed by atoms with E-state index in [9.17, 15) is 24.1 Å². The van der Waals surface area contributed by atoms with Gasteiger partial charge in [-0.3, -0.25) is 19.7 Å². The van der Waals surface area contributed by atoms with E-state index < -0.39 is 22.2 Å². The standard InChI is InChI=1S/C12H7ClFN3O4/c13-8-3-6(1-2-10(8)17(20)21)11(18)16-9-4-7(14)5-15-12(9)19/h1-5H,(H,15,19)(H,16,18). The van der Waals surface area contributed by atoms with E-state index in [1.165, 1.54) is 6.07 Å². The number of nitro groups is 1. The first-order valence-electron chi connectivity index (χ1n) is 5.52. The Labute approximate surface area is 121 Å². The van der Waals surface area contributed by atoms with Crippen molar-refractivity contribution in [3.8, 4) is 0 Å². The predicted octanol–water partition coefficient (Wildman–Crippen LogP) is 2.33. The molecule has 2 rings (SSSR count). The lowest BCUT2D eigenvalue weighted by molar-refractivity contribution is -0.384. The fraction of sp³-hybridized carbons (Fsp3) is 0. The Hall–Kier alpha value is -2.74. The maximum absolute atomic E-state index is 13.0. The SMILES string of the molecule is O=C(Nc1cc(F)c[nH]c1=O)c1ccc([N+](=O)[O-])c(Cl)c1. The summed E-state index contributed by atoms with van der Waals surface area (Å²) in [6.07, 6.45) is 0.848. The molecule has 0 saturated heterocycles. The Bertz CT molecular complexity index is 790. The first-order valence-corrected chi connectivity index (χ1v) is 5.90. The maximum Gasteiger partial charge on any atom is 0.287 e. The largest absolute Gasteiger partial charge is 0.324 e. The highest BCUT2D eigenvalue weighted by Crippen LogP contribution is 2.25. The van der Waals surface area contributed by atoms with Gasteiger partial charge in [-0.15, -0.1) is 0 Å². The maximum atomic E-state index is 13.0. The van der Waals surface area contributed by atoms with Gasteiger partial charge in [0.15, 0.2) is 0 Å². The molecule has 108 valence electrons. The van der Waals surface area contributed by atoms with E-state index in [0.717, 1.165) is 24.4 Å². The number of amides is 1. The van der Waals surface area contributed by atoms with Gasteiger partial charge in [0.2, 0.25) is 0 Å². The topological polar surface area (TPSA) is 105 Å². The Morgan fingerprint density at radius 3 is 2.71 bits per heavy atom. The molecule has 0 aliphatic carbocycles. The van der Waals surface area contributed by atoms with Crippen LogP contribution in [-0.4, -0.2) is 15.8 Å². The number of hydrogen-bond acceptors (Lipinski definition) is 4. The summed E-state index contributed by atoms with van der Waals surface area (Å²) >= 11 is 5.68. The monoisotopic (exact) mass is 311 g/mol. The van der Waals surface area contributed by atoms with Crippen molar-refractivity contribution in [2.45, 2.75) is 0 Å². The molecule has 1 aromatic carbocycles. The molecular formula is C12H7ClFN3O4. The number of carbonyl (C=O) groups is 1. The Balaban J connectivity index is 2.29. The average Bonchev–Trinajstić information content (AvgIpc) is 2.42. The normalized spacial score (nSPS) is 10.2. The van der Waals surface area contributed by atoms with Gasteiger partial charge in [-0.2, -0.15) is 0 Å². The molecule has 0 aliphatic heterocycles. The number of hydrogen-bond donors (Lipinski definition) is 2. The molecular weight excluding hydrogens is 305 g/mol. The third-order valence-corrected chi connectivity index (χ3v) is 2.83. The minimum atomic E-state index is -0.747. The number of H-pyrrole nitrogens is 1. The third kappa shape index (κ3) is 3.23. The molecule has 0 unspecified atom stereocenters. The molecule has 0 aliphatic rings. The van der Waals surface area contributed by atoms with Gasteiger partial charge in [-0.25, -0.2) is 4.39 Å². The Morgan fingerprint density at radius 1 is 1.38 bits per heavy atom. The van der Waals surface area contributed by atoms with Crippen LogP contribution in [0.2, 0.25) is 5.02 Å². The highest BCUT2D eigenvalue weighted by atomic mass is 35.5. The second-order valence-electron chi connectivity index (χ2n) is 3.94. The minimum Gasteiger partial charge on any atom is -0.324 e. The number of aromatic amines is 1. The summed E-state index contributed by atoms with van der Waals surface area (Å²) in [5.41, 5.74) is -1.32. The van der Waals surface area contributed by atoms with Gasteiger partial charge in [-0.05, 0) is 12.1 Å². The molecule has 21 heavy (non-hydrogen) atoms. The summed E-state index contributed by atoms with van der Waals surface area (Å²) < 4.78 is 13.0. The average molecular weight is 312 g/mol. The second kappa shape index (κ2) is 5.71. The Kier molecular flexibility index (Phi) is 3.99. The van der Waals surface area contributed by atoms with Crippen LogP contribution in [0.15, 0.2) is 35.3 Å². The van der Waals surface area contributed by atoms with Crippen LogP contribution in [0, 0.1) is 15.9 Å². The van der Waals surface area contributed by atoms with E-state index in [-0.39, 0.29) is 22.0 Å². The number of nitrogens with one attached hydrogen (secondary N) is 2. The number of anilines is 1. The molecule has 0 radical (unpaired) electrons. The van der Waals surface area contributed by atoms with Gasteiger partial charge in [0, 0.05) is 23.9 Å². The van der Waals surface area contributed by atoms with Crippen molar-refractivity contribution in [1.82, 2.24) is 4.98 Å². The predicted molar refractivity (Wildman–Crippen MR) is 73.1 cm³/mol. The zero-order valence-corrected chi connectivity index (χ0v) is 11.0. The van der Waals surface area contributed by atoms with E-state index in [1.807, 2.05) is 0 Å². The molecule has 0 spiro atoms. The number of benzene rings is 1. The van der Waals surface area contributed by atoms with E-state index in [4.69, 9.17) is 11.6 Å². The lowest BCUT2D eigenvalue weighted by Crippen LogP contribution is -2.20. The van der Waals surface area contributed by atoms with Crippen LogP contribution >= 0.6 is 11.6 Å². The van der Waals surface area contributed by atoms with E-state index >= 15 is 0 Å². The van der Waals surface area contributed by atoms with Crippen molar-refractivity contribution in [2.75, 3.05) is 5.32 Å². The zero-order chi connectivity index (χ0) is 15.6. The van der Waals surface area contributed by atoms with Crippen LogP contribution in [0.5, 0.6) is 0 Å². The second-order valence-corrected chi connectivity index (χ2v) is 4.35. The molecule has 0 saturated carbocycles. The van der Waals surface area contributed by atoms with Gasteiger partial charge in [0.1, 0.15) is 16.5 Å². The lowest BCUT2D eigenvalue weighted by Gasteiger charge is -2.05. The first-order chi connectivity index (χ1) is 9.88. The van der Waals surface area contributed by atoms with E-state index in [2.05, 4.69) is 10.3 Å². The molecule has 2 aromatic rings. The van der Waals surface area contributed by atoms with Crippen molar-refractivity contribution in [1.29, 1.82) is 0 Å². The van der Waals surface area contributed by atoms with E-state index in [1.54, 1.807) is 0 Å². The summed E-state index contributed by atoms with van der Waals surface area (Å²) in [5.74, 6) is -1.48. The fourth-order valence-corrected chi connectivity index (χ4v) is 1.79. The summed E-state index contributed by atoms with van der Waals surface area (Å²) in [5, 5.41) is 12.6. The summed E-state index contributed by atoms with van der Waals surface area (Å²) in [4.78, 5) is 35.3. The molecule has 0 bridgehead atoms. The summed E-state index contributed by atoms with van der Waals surface area (Å²) in [7, 11) is 0. The highest BCUT2D eigenvalue weighted by Gasteiger charge is 2.16. The van der Waals surface area contributed by atoms with Crippen LogP contribution in [-0.2, 0) is 0 Å². The minimum absolute atomic E-state index is 0.00531. The van der Waals surface area contributed by atoms with Gasteiger partial charge in [-0.1, -0.05) is 11.6 Å². The van der Waals surface area contributed by atoms with Crippen molar-refractivity contribution in [2.24, 2.45) is 0 Å². The van der Waals surface area contributed by atoms with Gasteiger partial charge in [0.05, 0.1) is 4.92 Å². The van der Waals surface area contributed by atoms with Gasteiger partial charge < -0.3 is 10.3 Å². The number of nitrogens with zero attached hydrogens (tertiary/aromatic N) is 1. The molecule has 0 atom stereocenters. The lowest BCUT2D eigenvalue weighted by atomic mass is 10.2. The molecule has 7 nitrogen and oxygen atoms in total. The number of pyridine rings is 1. The van der Waals surface area contributed by atoms with Crippen molar-refractivity contribution in [3.05, 3.63) is 67.3 Å². The van der Waals surface area contributed by atoms with Gasteiger partial charge in [0.25, 0.3) is 17.2 Å². The zero-order valence-electron chi connectivity index (χ0n) is 10.2.